The van der Waals surface area contributed by atoms with Crippen LogP contribution in [-0.2, 0) is 4.79 Å². The summed E-state index contributed by atoms with van der Waals surface area (Å²) in [5.74, 6) is 0.193. The minimum atomic E-state index is -0.304. The Morgan fingerprint density at radius 1 is 1.17 bits per heavy atom. The molecule has 2 heterocycles. The number of ether oxygens (including phenoxy) is 1. The highest BCUT2D eigenvalue weighted by Gasteiger charge is 2.07. The van der Waals surface area contributed by atoms with Crippen LogP contribution in [0.25, 0.3) is 27.9 Å². The molecule has 0 bridgehead atoms. The van der Waals surface area contributed by atoms with Gasteiger partial charge in [0.2, 0.25) is 5.91 Å². The highest BCUT2D eigenvalue weighted by molar-refractivity contribution is 6.08. The van der Waals surface area contributed by atoms with Gasteiger partial charge in [0.25, 0.3) is 0 Å². The first-order chi connectivity index (χ1) is 14.1. The van der Waals surface area contributed by atoms with Crippen molar-refractivity contribution in [2.75, 3.05) is 13.2 Å². The van der Waals surface area contributed by atoms with Crippen molar-refractivity contribution in [2.24, 2.45) is 0 Å². The van der Waals surface area contributed by atoms with E-state index >= 15 is 0 Å². The lowest BCUT2D eigenvalue weighted by Gasteiger charge is -2.06. The number of aromatic amines is 1. The summed E-state index contributed by atoms with van der Waals surface area (Å²) in [4.78, 5) is 19.6. The highest BCUT2D eigenvalue weighted by atomic mass is 19.1. The molecule has 0 atom stereocenters. The van der Waals surface area contributed by atoms with Crippen LogP contribution < -0.4 is 10.1 Å². The Kier molecular flexibility index (Phi) is 5.24. The molecule has 0 fully saturated rings. The van der Waals surface area contributed by atoms with E-state index in [0.717, 1.165) is 38.8 Å². The van der Waals surface area contributed by atoms with Gasteiger partial charge in [-0.3, -0.25) is 9.78 Å². The maximum Gasteiger partial charge on any atom is 0.244 e. The van der Waals surface area contributed by atoms with Crippen LogP contribution in [0.4, 0.5) is 4.39 Å². The molecule has 5 nitrogen and oxygen atoms in total. The molecular weight excluding hydrogens is 369 g/mol. The van der Waals surface area contributed by atoms with E-state index in [2.05, 4.69) is 15.3 Å². The molecule has 146 valence electrons. The number of aryl methyl sites for hydroxylation is 1. The molecule has 0 unspecified atom stereocenters. The van der Waals surface area contributed by atoms with E-state index in [9.17, 15) is 9.18 Å². The molecule has 0 aliphatic carbocycles. The Balaban J connectivity index is 1.31. The Morgan fingerprint density at radius 2 is 2.00 bits per heavy atom. The van der Waals surface area contributed by atoms with Gasteiger partial charge >= 0.3 is 0 Å². The molecule has 2 N–H and O–H groups in total. The van der Waals surface area contributed by atoms with Crippen LogP contribution >= 0.6 is 0 Å². The normalized spacial score (nSPS) is 11.4. The van der Waals surface area contributed by atoms with Gasteiger partial charge in [-0.25, -0.2) is 4.39 Å². The second kappa shape index (κ2) is 8.14. The Hall–Kier alpha value is -3.67. The topological polar surface area (TPSA) is 67.0 Å². The molecule has 2 aromatic heterocycles. The number of rotatable bonds is 6. The van der Waals surface area contributed by atoms with E-state index in [-0.39, 0.29) is 11.7 Å². The lowest BCUT2D eigenvalue weighted by atomic mass is 10.1. The largest absolute Gasteiger partial charge is 0.492 e. The van der Waals surface area contributed by atoms with Crippen molar-refractivity contribution < 1.29 is 13.9 Å². The average molecular weight is 389 g/mol. The second-order valence-corrected chi connectivity index (χ2v) is 6.68. The van der Waals surface area contributed by atoms with E-state index in [4.69, 9.17) is 4.74 Å². The number of amides is 1. The zero-order chi connectivity index (χ0) is 20.2. The Morgan fingerprint density at radius 3 is 2.83 bits per heavy atom. The maximum atomic E-state index is 12.9. The van der Waals surface area contributed by atoms with Crippen molar-refractivity contribution in [1.29, 1.82) is 0 Å². The highest BCUT2D eigenvalue weighted by Crippen LogP contribution is 2.29. The smallest absolute Gasteiger partial charge is 0.244 e. The first-order valence-electron chi connectivity index (χ1n) is 9.31. The van der Waals surface area contributed by atoms with E-state index < -0.39 is 0 Å². The van der Waals surface area contributed by atoms with Gasteiger partial charge in [-0.2, -0.15) is 0 Å². The average Bonchev–Trinajstić information content (AvgIpc) is 3.10. The molecule has 0 radical (unpaired) electrons. The Bertz CT molecular complexity index is 1200. The van der Waals surface area contributed by atoms with Crippen LogP contribution in [0.3, 0.4) is 0 Å². The fraction of sp³-hybridized carbons (Fsp3) is 0.130. The van der Waals surface area contributed by atoms with Gasteiger partial charge in [0.1, 0.15) is 18.2 Å². The predicted octanol–water partition coefficient (Wildman–Crippen LogP) is 4.37. The van der Waals surface area contributed by atoms with E-state index in [1.54, 1.807) is 18.2 Å². The van der Waals surface area contributed by atoms with Crippen LogP contribution in [0.1, 0.15) is 11.3 Å². The van der Waals surface area contributed by atoms with Crippen LogP contribution in [0.2, 0.25) is 0 Å². The molecule has 29 heavy (non-hydrogen) atoms. The van der Waals surface area contributed by atoms with Gasteiger partial charge in [-0.1, -0.05) is 12.1 Å². The van der Waals surface area contributed by atoms with E-state index in [1.807, 2.05) is 37.4 Å². The minimum Gasteiger partial charge on any atom is -0.492 e. The molecule has 2 aromatic carbocycles. The number of aromatic nitrogens is 2. The number of nitrogens with one attached hydrogen (secondary N) is 2. The van der Waals surface area contributed by atoms with Gasteiger partial charge in [0.05, 0.1) is 23.3 Å². The molecule has 0 saturated heterocycles. The summed E-state index contributed by atoms with van der Waals surface area (Å²) in [7, 11) is 0. The second-order valence-electron chi connectivity index (χ2n) is 6.68. The number of nitrogens with zero attached hydrogens (tertiary/aromatic N) is 1. The van der Waals surface area contributed by atoms with Crippen molar-refractivity contribution in [3.63, 3.8) is 0 Å². The van der Waals surface area contributed by atoms with Crippen molar-refractivity contribution in [1.82, 2.24) is 15.3 Å². The first kappa shape index (κ1) is 18.7. The summed E-state index contributed by atoms with van der Waals surface area (Å²) in [6.07, 6.45) is 4.86. The molecule has 0 aliphatic heterocycles. The van der Waals surface area contributed by atoms with Crippen LogP contribution in [-0.4, -0.2) is 29.0 Å². The standard InChI is InChI=1S/C23H20FN3O2/c1-15-23-20(10-11-25-15)19-8-7-18(14-21(19)27-23)29-13-12-26-22(28)9-4-16-2-5-17(24)6-3-16/h2-11,14,27H,12-13H2,1H3,(H,26,28)/b9-4+. The van der Waals surface area contributed by atoms with Gasteiger partial charge in [-0.15, -0.1) is 0 Å². The van der Waals surface area contributed by atoms with Crippen molar-refractivity contribution >= 4 is 33.8 Å². The number of halogens is 1. The number of H-pyrrole nitrogens is 1. The first-order valence-corrected chi connectivity index (χ1v) is 9.31. The summed E-state index contributed by atoms with van der Waals surface area (Å²) in [6.45, 7) is 2.70. The SMILES string of the molecule is Cc1nccc2c1[nH]c1cc(OCCNC(=O)/C=C/c3ccc(F)cc3)ccc12. The van der Waals surface area contributed by atoms with Gasteiger partial charge in [-0.05, 0) is 48.9 Å². The number of benzene rings is 2. The number of carbonyl (C=O) groups is 1. The van der Waals surface area contributed by atoms with E-state index in [1.165, 1.54) is 18.2 Å². The molecular formula is C23H20FN3O2. The van der Waals surface area contributed by atoms with Crippen LogP contribution in [0.5, 0.6) is 5.75 Å². The molecule has 1 amide bonds. The number of fused-ring (bicyclic) bond motifs is 3. The van der Waals surface area contributed by atoms with Gasteiger partial charge in [0.15, 0.2) is 0 Å². The number of carbonyl (C=O) groups excluding carboxylic acids is 1. The minimum absolute atomic E-state index is 0.230. The summed E-state index contributed by atoms with van der Waals surface area (Å²) < 4.78 is 18.6. The lowest BCUT2D eigenvalue weighted by molar-refractivity contribution is -0.116. The summed E-state index contributed by atoms with van der Waals surface area (Å²) in [5, 5.41) is 5.02. The fourth-order valence-electron chi connectivity index (χ4n) is 3.18. The Labute approximate surface area is 167 Å². The molecule has 4 rings (SSSR count). The van der Waals surface area contributed by atoms with Crippen LogP contribution in [0, 0.1) is 12.7 Å². The lowest BCUT2D eigenvalue weighted by Crippen LogP contribution is -2.26. The number of hydrogen-bond acceptors (Lipinski definition) is 3. The maximum absolute atomic E-state index is 12.9. The van der Waals surface area contributed by atoms with Crippen molar-refractivity contribution in [3.8, 4) is 5.75 Å². The molecule has 4 aromatic rings. The van der Waals surface area contributed by atoms with Crippen LogP contribution in [0.15, 0.2) is 60.8 Å². The third-order valence-corrected chi connectivity index (χ3v) is 4.65. The van der Waals surface area contributed by atoms with E-state index in [0.29, 0.717) is 13.2 Å². The summed E-state index contributed by atoms with van der Waals surface area (Å²) in [5.41, 5.74) is 3.73. The number of pyridine rings is 1. The summed E-state index contributed by atoms with van der Waals surface area (Å²) in [6, 6.07) is 13.8. The van der Waals surface area contributed by atoms with Gasteiger partial charge < -0.3 is 15.0 Å². The quantitative estimate of drug-likeness (QED) is 0.380. The zero-order valence-electron chi connectivity index (χ0n) is 15.9. The molecule has 0 saturated carbocycles. The third kappa shape index (κ3) is 4.27. The summed E-state index contributed by atoms with van der Waals surface area (Å²) >= 11 is 0. The number of hydrogen-bond donors (Lipinski definition) is 2. The predicted molar refractivity (Wildman–Crippen MR) is 112 cm³/mol. The monoisotopic (exact) mass is 389 g/mol. The van der Waals surface area contributed by atoms with Gasteiger partial charge in [0, 0.05) is 29.1 Å². The molecule has 0 spiro atoms. The van der Waals surface area contributed by atoms with Crippen molar-refractivity contribution in [2.45, 2.75) is 6.92 Å². The molecule has 6 heteroatoms. The molecule has 0 aliphatic rings. The zero-order valence-corrected chi connectivity index (χ0v) is 15.9. The van der Waals surface area contributed by atoms with Crippen molar-refractivity contribution in [3.05, 3.63) is 77.9 Å². The third-order valence-electron chi connectivity index (χ3n) is 4.65. The fourth-order valence-corrected chi connectivity index (χ4v) is 3.18.